The zero-order chi connectivity index (χ0) is 10.9. The summed E-state index contributed by atoms with van der Waals surface area (Å²) in [5, 5.41) is 4.90. The molecule has 1 aromatic heterocycles. The number of hydrogen-bond acceptors (Lipinski definition) is 4. The van der Waals surface area contributed by atoms with Crippen molar-refractivity contribution in [1.82, 2.24) is 5.10 Å². The molecule has 0 N–H and O–H groups in total. The van der Waals surface area contributed by atoms with E-state index in [-0.39, 0.29) is 0 Å². The molecule has 2 aromatic rings. The summed E-state index contributed by atoms with van der Waals surface area (Å²) < 4.78 is 32.7. The Balaban J connectivity index is 2.48. The van der Waals surface area contributed by atoms with Gasteiger partial charge in [0.25, 0.3) is 5.88 Å². The number of hydrogen-bond donors (Lipinski definition) is 0. The summed E-state index contributed by atoms with van der Waals surface area (Å²) in [6.07, 6.45) is 1.47. The SMILES string of the molecule is O=S(=O)([O-])C[n+]1ccc2ccccc2n1. The number of nitrogens with zero attached hydrogens (tertiary/aromatic N) is 2. The van der Waals surface area contributed by atoms with Crippen LogP contribution < -0.4 is 4.68 Å². The second-order valence-corrected chi connectivity index (χ2v) is 4.47. The van der Waals surface area contributed by atoms with Gasteiger partial charge in [-0.1, -0.05) is 22.9 Å². The standard InChI is InChI=1S/C9H8N2O3S/c12-15(13,14)7-11-6-5-8-3-1-2-4-9(8)10-11/h1-6H,7H2. The van der Waals surface area contributed by atoms with Gasteiger partial charge in [0.1, 0.15) is 5.52 Å². The molecule has 15 heavy (non-hydrogen) atoms. The lowest BCUT2D eigenvalue weighted by Crippen LogP contribution is -2.41. The van der Waals surface area contributed by atoms with Gasteiger partial charge in [-0.3, -0.25) is 0 Å². The number of aromatic nitrogens is 2. The maximum atomic E-state index is 10.5. The molecule has 0 atom stereocenters. The Morgan fingerprint density at radius 1 is 1.27 bits per heavy atom. The van der Waals surface area contributed by atoms with Crippen LogP contribution in [0.2, 0.25) is 0 Å². The molecule has 0 saturated carbocycles. The molecule has 0 aliphatic rings. The van der Waals surface area contributed by atoms with Crippen LogP contribution in [0.15, 0.2) is 36.5 Å². The minimum atomic E-state index is -4.30. The van der Waals surface area contributed by atoms with Crippen molar-refractivity contribution in [2.75, 3.05) is 0 Å². The fraction of sp³-hybridized carbons (Fsp3) is 0.111. The van der Waals surface area contributed by atoms with E-state index < -0.39 is 16.0 Å². The predicted octanol–water partition coefficient (Wildman–Crippen LogP) is 0.0250. The first-order chi connectivity index (χ1) is 7.04. The maximum absolute atomic E-state index is 10.5. The zero-order valence-corrected chi connectivity index (χ0v) is 8.52. The number of rotatable bonds is 2. The molecule has 0 aliphatic carbocycles. The van der Waals surface area contributed by atoms with Crippen LogP contribution in [0.5, 0.6) is 0 Å². The van der Waals surface area contributed by atoms with Gasteiger partial charge >= 0.3 is 0 Å². The van der Waals surface area contributed by atoms with E-state index in [1.54, 1.807) is 18.2 Å². The van der Waals surface area contributed by atoms with Crippen LogP contribution in [-0.4, -0.2) is 18.1 Å². The molecule has 0 unspecified atom stereocenters. The van der Waals surface area contributed by atoms with E-state index in [0.29, 0.717) is 5.52 Å². The average molecular weight is 224 g/mol. The molecule has 0 radical (unpaired) electrons. The minimum absolute atomic E-state index is 0.641. The molecule has 0 aliphatic heterocycles. The van der Waals surface area contributed by atoms with Crippen molar-refractivity contribution in [3.8, 4) is 0 Å². The van der Waals surface area contributed by atoms with Crippen LogP contribution in [0.1, 0.15) is 0 Å². The monoisotopic (exact) mass is 224 g/mol. The zero-order valence-electron chi connectivity index (χ0n) is 7.70. The highest BCUT2D eigenvalue weighted by atomic mass is 32.2. The summed E-state index contributed by atoms with van der Waals surface area (Å²) in [7, 11) is -4.30. The number of benzene rings is 1. The summed E-state index contributed by atoms with van der Waals surface area (Å²) in [4.78, 5) is 0. The first-order valence-corrected chi connectivity index (χ1v) is 5.81. The lowest BCUT2D eigenvalue weighted by molar-refractivity contribution is -0.734. The molecule has 0 fully saturated rings. The van der Waals surface area contributed by atoms with Crippen molar-refractivity contribution < 1.29 is 17.7 Å². The summed E-state index contributed by atoms with van der Waals surface area (Å²) in [5.41, 5.74) is 0.656. The molecule has 5 nitrogen and oxygen atoms in total. The topological polar surface area (TPSA) is 74.0 Å². The average Bonchev–Trinajstić information content (AvgIpc) is 2.15. The lowest BCUT2D eigenvalue weighted by atomic mass is 10.2. The van der Waals surface area contributed by atoms with Crippen LogP contribution in [0.4, 0.5) is 0 Å². The summed E-state index contributed by atoms with van der Waals surface area (Å²) in [6, 6.07) is 8.99. The lowest BCUT2D eigenvalue weighted by Gasteiger charge is -2.00. The van der Waals surface area contributed by atoms with Crippen molar-refractivity contribution in [2.45, 2.75) is 5.88 Å². The molecular formula is C9H8N2O3S. The van der Waals surface area contributed by atoms with Gasteiger partial charge in [-0.15, -0.1) is 0 Å². The third kappa shape index (κ3) is 2.48. The van der Waals surface area contributed by atoms with Crippen molar-refractivity contribution in [1.29, 1.82) is 0 Å². The molecular weight excluding hydrogens is 216 g/mol. The summed E-state index contributed by atoms with van der Waals surface area (Å²) in [6.45, 7) is 0. The molecule has 0 spiro atoms. The molecule has 0 amide bonds. The van der Waals surface area contributed by atoms with E-state index >= 15 is 0 Å². The molecule has 0 saturated heterocycles. The first kappa shape index (κ1) is 10.0. The van der Waals surface area contributed by atoms with Crippen molar-refractivity contribution in [3.63, 3.8) is 0 Å². The van der Waals surface area contributed by atoms with E-state index in [2.05, 4.69) is 5.10 Å². The molecule has 0 bridgehead atoms. The Labute approximate surface area is 86.7 Å². The van der Waals surface area contributed by atoms with Crippen molar-refractivity contribution in [2.24, 2.45) is 0 Å². The van der Waals surface area contributed by atoms with Gasteiger partial charge in [0, 0.05) is 16.6 Å². The van der Waals surface area contributed by atoms with E-state index in [1.807, 2.05) is 12.1 Å². The Bertz CT molecular complexity index is 595. The van der Waals surface area contributed by atoms with E-state index in [9.17, 15) is 13.0 Å². The second-order valence-electron chi connectivity index (χ2n) is 3.10. The van der Waals surface area contributed by atoms with Gasteiger partial charge in [-0.25, -0.2) is 8.42 Å². The van der Waals surface area contributed by atoms with Gasteiger partial charge in [0.15, 0.2) is 16.3 Å². The largest absolute Gasteiger partial charge is 0.743 e. The molecule has 1 aromatic carbocycles. The van der Waals surface area contributed by atoms with Crippen LogP contribution in [0.3, 0.4) is 0 Å². The highest BCUT2D eigenvalue weighted by molar-refractivity contribution is 7.84. The molecule has 2 rings (SSSR count). The summed E-state index contributed by atoms with van der Waals surface area (Å²) >= 11 is 0. The third-order valence-electron chi connectivity index (χ3n) is 1.89. The Morgan fingerprint density at radius 3 is 2.73 bits per heavy atom. The summed E-state index contributed by atoms with van der Waals surface area (Å²) in [5.74, 6) is -0.641. The molecule has 6 heteroatoms. The first-order valence-electron chi connectivity index (χ1n) is 4.24. The van der Waals surface area contributed by atoms with Crippen LogP contribution >= 0.6 is 0 Å². The van der Waals surface area contributed by atoms with E-state index in [0.717, 1.165) is 10.1 Å². The molecule has 1 heterocycles. The van der Waals surface area contributed by atoms with Gasteiger partial charge < -0.3 is 4.55 Å². The Morgan fingerprint density at radius 2 is 2.00 bits per heavy atom. The van der Waals surface area contributed by atoms with Gasteiger partial charge in [0.05, 0.1) is 0 Å². The minimum Gasteiger partial charge on any atom is -0.743 e. The van der Waals surface area contributed by atoms with Crippen molar-refractivity contribution in [3.05, 3.63) is 36.5 Å². The quantitative estimate of drug-likeness (QED) is 0.532. The van der Waals surface area contributed by atoms with Crippen LogP contribution in [-0.2, 0) is 16.0 Å². The fourth-order valence-corrected chi connectivity index (χ4v) is 1.76. The smallest absolute Gasteiger partial charge is 0.262 e. The Hall–Kier alpha value is -1.53. The predicted molar refractivity (Wildman–Crippen MR) is 51.6 cm³/mol. The molecule has 78 valence electrons. The van der Waals surface area contributed by atoms with Crippen LogP contribution in [0.25, 0.3) is 10.9 Å². The number of fused-ring (bicyclic) bond motifs is 1. The van der Waals surface area contributed by atoms with Crippen LogP contribution in [0, 0.1) is 0 Å². The van der Waals surface area contributed by atoms with E-state index in [1.165, 1.54) is 6.20 Å². The highest BCUT2D eigenvalue weighted by Gasteiger charge is 2.08. The van der Waals surface area contributed by atoms with Crippen molar-refractivity contribution >= 4 is 21.0 Å². The normalized spacial score (nSPS) is 11.8. The maximum Gasteiger partial charge on any atom is 0.262 e. The van der Waals surface area contributed by atoms with Gasteiger partial charge in [-0.2, -0.15) is 0 Å². The second kappa shape index (κ2) is 3.56. The third-order valence-corrected chi connectivity index (χ3v) is 2.47. The van der Waals surface area contributed by atoms with Gasteiger partial charge in [-0.05, 0) is 6.07 Å². The van der Waals surface area contributed by atoms with Gasteiger partial charge in [0.2, 0.25) is 0 Å². The van der Waals surface area contributed by atoms with E-state index in [4.69, 9.17) is 0 Å². The Kier molecular flexibility index (Phi) is 2.37. The fourth-order valence-electron chi connectivity index (χ4n) is 1.29. The highest BCUT2D eigenvalue weighted by Crippen LogP contribution is 2.06.